The number of anilines is 1. The van der Waals surface area contributed by atoms with Crippen molar-refractivity contribution in [2.24, 2.45) is 5.92 Å². The van der Waals surface area contributed by atoms with Crippen LogP contribution in [0, 0.1) is 19.8 Å². The molecule has 4 nitrogen and oxygen atoms in total. The zero-order chi connectivity index (χ0) is 14.3. The highest BCUT2D eigenvalue weighted by atomic mass is 16.4. The number of rotatable bonds is 2. The Kier molecular flexibility index (Phi) is 3.40. The highest BCUT2D eigenvalue weighted by Crippen LogP contribution is 2.39. The molecule has 2 atom stereocenters. The van der Waals surface area contributed by atoms with Crippen LogP contribution in [-0.4, -0.2) is 28.6 Å². The van der Waals surface area contributed by atoms with Crippen LogP contribution in [0.25, 0.3) is 0 Å². The van der Waals surface area contributed by atoms with Crippen LogP contribution < -0.4 is 4.90 Å². The van der Waals surface area contributed by atoms with Crippen LogP contribution in [0.4, 0.5) is 5.82 Å². The maximum Gasteiger partial charge on any atom is 0.339 e. The van der Waals surface area contributed by atoms with Crippen molar-refractivity contribution < 1.29 is 9.90 Å². The van der Waals surface area contributed by atoms with Crippen molar-refractivity contribution >= 4 is 11.8 Å². The minimum Gasteiger partial charge on any atom is -0.478 e. The Morgan fingerprint density at radius 2 is 2.05 bits per heavy atom. The molecule has 0 amide bonds. The van der Waals surface area contributed by atoms with E-state index < -0.39 is 5.97 Å². The van der Waals surface area contributed by atoms with Gasteiger partial charge in [0.1, 0.15) is 11.4 Å². The van der Waals surface area contributed by atoms with E-state index in [2.05, 4.69) is 9.88 Å². The lowest BCUT2D eigenvalue weighted by atomic mass is 9.85. The molecule has 0 bridgehead atoms. The molecule has 108 valence electrons. The van der Waals surface area contributed by atoms with Crippen molar-refractivity contribution in [3.63, 3.8) is 0 Å². The highest BCUT2D eigenvalue weighted by molar-refractivity contribution is 5.95. The molecule has 1 N–H and O–H groups in total. The van der Waals surface area contributed by atoms with Crippen LogP contribution in [0.1, 0.15) is 53.7 Å². The predicted octanol–water partition coefficient (Wildman–Crippen LogP) is 3.17. The summed E-state index contributed by atoms with van der Waals surface area (Å²) in [6, 6.07) is 2.36. The van der Waals surface area contributed by atoms with Crippen LogP contribution in [0.15, 0.2) is 6.07 Å². The minimum absolute atomic E-state index is 0.391. The van der Waals surface area contributed by atoms with Gasteiger partial charge in [0, 0.05) is 18.3 Å². The fraction of sp³-hybridized carbons (Fsp3) is 0.625. The molecule has 2 aliphatic rings. The molecule has 3 rings (SSSR count). The molecule has 20 heavy (non-hydrogen) atoms. The summed E-state index contributed by atoms with van der Waals surface area (Å²) in [4.78, 5) is 18.4. The number of carbonyl (C=O) groups is 1. The van der Waals surface area contributed by atoms with E-state index in [9.17, 15) is 9.90 Å². The summed E-state index contributed by atoms with van der Waals surface area (Å²) in [6.45, 7) is 4.76. The van der Waals surface area contributed by atoms with Gasteiger partial charge >= 0.3 is 5.97 Å². The largest absolute Gasteiger partial charge is 0.478 e. The summed E-state index contributed by atoms with van der Waals surface area (Å²) in [5.74, 6) is 0.571. The number of pyridine rings is 1. The summed E-state index contributed by atoms with van der Waals surface area (Å²) in [5.41, 5.74) is 2.11. The normalized spacial score (nSPS) is 25.6. The van der Waals surface area contributed by atoms with E-state index in [1.165, 1.54) is 32.1 Å². The van der Waals surface area contributed by atoms with Gasteiger partial charge in [0.05, 0.1) is 0 Å². The maximum absolute atomic E-state index is 11.6. The van der Waals surface area contributed by atoms with Gasteiger partial charge in [0.25, 0.3) is 0 Å². The van der Waals surface area contributed by atoms with E-state index in [-0.39, 0.29) is 0 Å². The van der Waals surface area contributed by atoms with E-state index in [0.717, 1.165) is 23.7 Å². The number of carboxylic acid groups (broad SMARTS) is 1. The third kappa shape index (κ3) is 2.17. The number of aromatic nitrogens is 1. The molecule has 2 heterocycles. The number of nitrogens with zero attached hydrogens (tertiary/aromatic N) is 2. The average Bonchev–Trinajstić information content (AvgIpc) is 2.80. The molecular formula is C16H22N2O2. The van der Waals surface area contributed by atoms with Crippen LogP contribution in [0.2, 0.25) is 0 Å². The summed E-state index contributed by atoms with van der Waals surface area (Å²) in [6.07, 6.45) is 6.22. The van der Waals surface area contributed by atoms with Crippen molar-refractivity contribution in [1.29, 1.82) is 0 Å². The molecule has 1 aliphatic heterocycles. The highest BCUT2D eigenvalue weighted by Gasteiger charge is 2.38. The van der Waals surface area contributed by atoms with Crippen LogP contribution in [0.5, 0.6) is 0 Å². The quantitative estimate of drug-likeness (QED) is 0.900. The number of fused-ring (bicyclic) bond motifs is 1. The predicted molar refractivity (Wildman–Crippen MR) is 78.4 cm³/mol. The smallest absolute Gasteiger partial charge is 0.339 e. The van der Waals surface area contributed by atoms with Crippen molar-refractivity contribution in [1.82, 2.24) is 4.98 Å². The van der Waals surface area contributed by atoms with Crippen LogP contribution in [-0.2, 0) is 0 Å². The van der Waals surface area contributed by atoms with E-state index in [0.29, 0.717) is 17.4 Å². The number of hydrogen-bond donors (Lipinski definition) is 1. The van der Waals surface area contributed by atoms with Crippen molar-refractivity contribution in [2.75, 3.05) is 11.4 Å². The Hall–Kier alpha value is -1.58. The van der Waals surface area contributed by atoms with E-state index in [1.807, 2.05) is 19.9 Å². The SMILES string of the molecule is Cc1cc(C)c(C(=O)O)c(N2CCC3CCCCC32)n1. The van der Waals surface area contributed by atoms with Crippen LogP contribution in [0.3, 0.4) is 0 Å². The van der Waals surface area contributed by atoms with Crippen LogP contribution >= 0.6 is 0 Å². The molecule has 1 saturated carbocycles. The molecule has 1 saturated heterocycles. The summed E-state index contributed by atoms with van der Waals surface area (Å²) in [5, 5.41) is 9.53. The summed E-state index contributed by atoms with van der Waals surface area (Å²) < 4.78 is 0. The number of hydrogen-bond acceptors (Lipinski definition) is 3. The first-order chi connectivity index (χ1) is 9.58. The first-order valence-electron chi connectivity index (χ1n) is 7.56. The Morgan fingerprint density at radius 3 is 2.80 bits per heavy atom. The molecule has 0 spiro atoms. The molecule has 2 fully saturated rings. The lowest BCUT2D eigenvalue weighted by Gasteiger charge is -2.33. The maximum atomic E-state index is 11.6. The minimum atomic E-state index is -0.857. The molecular weight excluding hydrogens is 252 g/mol. The van der Waals surface area contributed by atoms with E-state index in [1.54, 1.807) is 0 Å². The monoisotopic (exact) mass is 274 g/mol. The zero-order valence-corrected chi connectivity index (χ0v) is 12.2. The van der Waals surface area contributed by atoms with Crippen molar-refractivity contribution in [3.05, 3.63) is 22.9 Å². The van der Waals surface area contributed by atoms with Gasteiger partial charge in [-0.2, -0.15) is 0 Å². The van der Waals surface area contributed by atoms with Crippen molar-refractivity contribution in [3.8, 4) is 0 Å². The number of aryl methyl sites for hydroxylation is 2. The third-order valence-corrected chi connectivity index (χ3v) is 4.82. The fourth-order valence-corrected chi connectivity index (χ4v) is 3.96. The van der Waals surface area contributed by atoms with Gasteiger partial charge in [0.15, 0.2) is 0 Å². The van der Waals surface area contributed by atoms with Gasteiger partial charge in [0.2, 0.25) is 0 Å². The molecule has 1 aromatic rings. The Morgan fingerprint density at radius 1 is 1.30 bits per heavy atom. The molecule has 2 unspecified atom stereocenters. The summed E-state index contributed by atoms with van der Waals surface area (Å²) >= 11 is 0. The second-order valence-electron chi connectivity index (χ2n) is 6.18. The molecule has 0 aromatic carbocycles. The Bertz CT molecular complexity index is 542. The Balaban J connectivity index is 2.03. The second-order valence-corrected chi connectivity index (χ2v) is 6.18. The van der Waals surface area contributed by atoms with Gasteiger partial charge in [-0.15, -0.1) is 0 Å². The van der Waals surface area contributed by atoms with Gasteiger partial charge in [-0.25, -0.2) is 9.78 Å². The third-order valence-electron chi connectivity index (χ3n) is 4.82. The van der Waals surface area contributed by atoms with Gasteiger partial charge < -0.3 is 10.0 Å². The lowest BCUT2D eigenvalue weighted by molar-refractivity contribution is 0.0696. The Labute approximate surface area is 119 Å². The molecule has 1 aliphatic carbocycles. The second kappa shape index (κ2) is 5.08. The van der Waals surface area contributed by atoms with Gasteiger partial charge in [-0.05, 0) is 50.7 Å². The molecule has 0 radical (unpaired) electrons. The van der Waals surface area contributed by atoms with Crippen molar-refractivity contribution in [2.45, 2.75) is 52.0 Å². The zero-order valence-electron chi connectivity index (χ0n) is 12.2. The van der Waals surface area contributed by atoms with Gasteiger partial charge in [-0.1, -0.05) is 12.8 Å². The average molecular weight is 274 g/mol. The number of aromatic carboxylic acids is 1. The van der Waals surface area contributed by atoms with E-state index >= 15 is 0 Å². The fourth-order valence-electron chi connectivity index (χ4n) is 3.96. The summed E-state index contributed by atoms with van der Waals surface area (Å²) in [7, 11) is 0. The molecule has 1 aromatic heterocycles. The first kappa shape index (κ1) is 13.4. The molecule has 4 heteroatoms. The first-order valence-corrected chi connectivity index (χ1v) is 7.56. The lowest BCUT2D eigenvalue weighted by Crippen LogP contribution is -2.36. The van der Waals surface area contributed by atoms with E-state index in [4.69, 9.17) is 0 Å². The standard InChI is InChI=1S/C16H22N2O2/c1-10-9-11(2)17-15(14(10)16(19)20)18-8-7-12-5-3-4-6-13(12)18/h9,12-13H,3-8H2,1-2H3,(H,19,20). The number of carboxylic acids is 1. The topological polar surface area (TPSA) is 53.4 Å². The van der Waals surface area contributed by atoms with Gasteiger partial charge in [-0.3, -0.25) is 0 Å².